The van der Waals surface area contributed by atoms with Gasteiger partial charge in [0.15, 0.2) is 0 Å². The number of likely N-dealkylation sites (tertiary alicyclic amines) is 1. The first kappa shape index (κ1) is 15.2. The van der Waals surface area contributed by atoms with Gasteiger partial charge in [0.2, 0.25) is 5.91 Å². The van der Waals surface area contributed by atoms with Crippen molar-refractivity contribution < 1.29 is 14.5 Å². The van der Waals surface area contributed by atoms with Crippen LogP contribution in [-0.4, -0.2) is 42.0 Å². The van der Waals surface area contributed by atoms with Crippen molar-refractivity contribution in [3.8, 4) is 5.75 Å². The third-order valence-corrected chi connectivity index (χ3v) is 3.72. The highest BCUT2D eigenvalue weighted by atomic mass is 16.6. The van der Waals surface area contributed by atoms with Crippen molar-refractivity contribution in [1.29, 1.82) is 0 Å². The third-order valence-electron chi connectivity index (χ3n) is 3.72. The van der Waals surface area contributed by atoms with Crippen LogP contribution >= 0.6 is 0 Å². The molecule has 1 fully saturated rings. The number of nitrogens with one attached hydrogen (secondary N) is 1. The van der Waals surface area contributed by atoms with Crippen LogP contribution in [0.15, 0.2) is 18.2 Å². The molecule has 21 heavy (non-hydrogen) atoms. The van der Waals surface area contributed by atoms with Gasteiger partial charge in [-0.25, -0.2) is 0 Å². The van der Waals surface area contributed by atoms with Crippen molar-refractivity contribution in [2.24, 2.45) is 0 Å². The molecule has 1 amide bonds. The summed E-state index contributed by atoms with van der Waals surface area (Å²) in [7, 11) is 1.46. The molecule has 1 atom stereocenters. The Labute approximate surface area is 123 Å². The largest absolute Gasteiger partial charge is 0.495 e. The van der Waals surface area contributed by atoms with Gasteiger partial charge in [-0.1, -0.05) is 0 Å². The van der Waals surface area contributed by atoms with Gasteiger partial charge in [0.25, 0.3) is 5.69 Å². The maximum absolute atomic E-state index is 12.3. The number of nitrogens with zero attached hydrogens (tertiary/aromatic N) is 2. The molecule has 0 aromatic heterocycles. The molecular formula is C14H19N3O4. The summed E-state index contributed by atoms with van der Waals surface area (Å²) in [5.74, 6) is 0.221. The normalized spacial score (nSPS) is 16.5. The summed E-state index contributed by atoms with van der Waals surface area (Å²) >= 11 is 0. The minimum absolute atomic E-state index is 0.0834. The van der Waals surface area contributed by atoms with Gasteiger partial charge in [0.05, 0.1) is 23.8 Å². The number of methoxy groups -OCH3 is 1. The zero-order valence-corrected chi connectivity index (χ0v) is 12.2. The minimum atomic E-state index is -0.501. The van der Waals surface area contributed by atoms with E-state index in [9.17, 15) is 14.9 Å². The van der Waals surface area contributed by atoms with Crippen LogP contribution in [0.25, 0.3) is 0 Å². The van der Waals surface area contributed by atoms with Crippen molar-refractivity contribution in [3.05, 3.63) is 28.3 Å². The molecule has 7 nitrogen and oxygen atoms in total. The van der Waals surface area contributed by atoms with Crippen LogP contribution in [0.1, 0.15) is 19.8 Å². The molecule has 0 unspecified atom stereocenters. The fourth-order valence-electron chi connectivity index (χ4n) is 2.44. The molecule has 1 N–H and O–H groups in total. The molecule has 1 heterocycles. The molecule has 0 radical (unpaired) electrons. The molecule has 1 aromatic rings. The second kappa shape index (κ2) is 6.53. The highest BCUT2D eigenvalue weighted by Gasteiger charge is 2.25. The van der Waals surface area contributed by atoms with Gasteiger partial charge in [0.1, 0.15) is 5.75 Å². The van der Waals surface area contributed by atoms with Crippen molar-refractivity contribution in [2.45, 2.75) is 25.8 Å². The van der Waals surface area contributed by atoms with E-state index in [1.165, 1.54) is 25.3 Å². The Morgan fingerprint density at radius 3 is 2.67 bits per heavy atom. The predicted molar refractivity (Wildman–Crippen MR) is 78.5 cm³/mol. The van der Waals surface area contributed by atoms with Crippen LogP contribution in [0.5, 0.6) is 5.75 Å². The highest BCUT2D eigenvalue weighted by molar-refractivity contribution is 5.96. The Bertz CT molecular complexity index is 541. The molecule has 2 rings (SSSR count). The lowest BCUT2D eigenvalue weighted by molar-refractivity contribution is -0.384. The summed E-state index contributed by atoms with van der Waals surface area (Å²) in [5.41, 5.74) is 0.239. The molecule has 0 spiro atoms. The van der Waals surface area contributed by atoms with Crippen LogP contribution in [0.4, 0.5) is 11.4 Å². The molecule has 1 aliphatic rings. The van der Waals surface area contributed by atoms with E-state index in [-0.39, 0.29) is 17.6 Å². The number of hydrogen-bond acceptors (Lipinski definition) is 5. The van der Waals surface area contributed by atoms with Crippen molar-refractivity contribution in [1.82, 2.24) is 4.90 Å². The summed E-state index contributed by atoms with van der Waals surface area (Å²) in [6.45, 7) is 3.64. The number of rotatable bonds is 5. The Kier molecular flexibility index (Phi) is 4.74. The highest BCUT2D eigenvalue weighted by Crippen LogP contribution is 2.29. The Balaban J connectivity index is 2.15. The van der Waals surface area contributed by atoms with E-state index >= 15 is 0 Å². The summed E-state index contributed by atoms with van der Waals surface area (Å²) < 4.78 is 5.14. The van der Waals surface area contributed by atoms with E-state index in [1.807, 2.05) is 6.92 Å². The predicted octanol–water partition coefficient (Wildman–Crippen LogP) is 2.03. The van der Waals surface area contributed by atoms with Gasteiger partial charge >= 0.3 is 0 Å². The number of carbonyl (C=O) groups is 1. The van der Waals surface area contributed by atoms with E-state index in [2.05, 4.69) is 10.2 Å². The molecule has 114 valence electrons. The smallest absolute Gasteiger partial charge is 0.271 e. The molecule has 0 aliphatic carbocycles. The maximum atomic E-state index is 12.3. The van der Waals surface area contributed by atoms with E-state index < -0.39 is 4.92 Å². The number of nitro groups is 1. The van der Waals surface area contributed by atoms with Crippen LogP contribution in [0.3, 0.4) is 0 Å². The lowest BCUT2D eigenvalue weighted by atomic mass is 10.2. The van der Waals surface area contributed by atoms with E-state index in [4.69, 9.17) is 4.74 Å². The Morgan fingerprint density at radius 1 is 1.43 bits per heavy atom. The first-order valence-electron chi connectivity index (χ1n) is 6.90. The lowest BCUT2D eigenvalue weighted by Gasteiger charge is -2.23. The standard InChI is InChI=1S/C14H19N3O4/c1-10(16-7-3-4-8-16)14(18)15-12-9-11(17(19)20)5-6-13(12)21-2/h5-6,9-10H,3-4,7-8H2,1-2H3,(H,15,18)/t10-/m1/s1. The van der Waals surface area contributed by atoms with Crippen molar-refractivity contribution >= 4 is 17.3 Å². The van der Waals surface area contributed by atoms with Gasteiger partial charge < -0.3 is 10.1 Å². The van der Waals surface area contributed by atoms with Crippen LogP contribution in [-0.2, 0) is 4.79 Å². The fourth-order valence-corrected chi connectivity index (χ4v) is 2.44. The minimum Gasteiger partial charge on any atom is -0.495 e. The monoisotopic (exact) mass is 293 g/mol. The average molecular weight is 293 g/mol. The number of amides is 1. The van der Waals surface area contributed by atoms with E-state index in [1.54, 1.807) is 0 Å². The van der Waals surface area contributed by atoms with Crippen LogP contribution in [0, 0.1) is 10.1 Å². The number of nitro benzene ring substituents is 1. The van der Waals surface area contributed by atoms with Gasteiger partial charge in [-0.05, 0) is 38.9 Å². The zero-order chi connectivity index (χ0) is 15.4. The third kappa shape index (κ3) is 3.49. The summed E-state index contributed by atoms with van der Waals surface area (Å²) in [4.78, 5) is 24.7. The quantitative estimate of drug-likeness (QED) is 0.663. The average Bonchev–Trinajstić information content (AvgIpc) is 3.00. The fraction of sp³-hybridized carbons (Fsp3) is 0.500. The summed E-state index contributed by atoms with van der Waals surface area (Å²) in [6.07, 6.45) is 2.19. The first-order valence-corrected chi connectivity index (χ1v) is 6.90. The van der Waals surface area contributed by atoms with Gasteiger partial charge in [-0.2, -0.15) is 0 Å². The SMILES string of the molecule is COc1ccc([N+](=O)[O-])cc1NC(=O)[C@@H](C)N1CCCC1. The first-order chi connectivity index (χ1) is 10.0. The second-order valence-corrected chi connectivity index (χ2v) is 5.05. The summed E-state index contributed by atoms with van der Waals surface area (Å²) in [5, 5.41) is 13.5. The van der Waals surface area contributed by atoms with Crippen LogP contribution in [0.2, 0.25) is 0 Å². The molecule has 7 heteroatoms. The zero-order valence-electron chi connectivity index (χ0n) is 12.2. The number of ether oxygens (including phenoxy) is 1. The van der Waals surface area contributed by atoms with E-state index in [0.29, 0.717) is 11.4 Å². The second-order valence-electron chi connectivity index (χ2n) is 5.05. The van der Waals surface area contributed by atoms with Crippen molar-refractivity contribution in [3.63, 3.8) is 0 Å². The number of carbonyl (C=O) groups excluding carboxylic acids is 1. The van der Waals surface area contributed by atoms with Crippen LogP contribution < -0.4 is 10.1 Å². The number of hydrogen-bond donors (Lipinski definition) is 1. The van der Waals surface area contributed by atoms with Crippen molar-refractivity contribution in [2.75, 3.05) is 25.5 Å². The maximum Gasteiger partial charge on any atom is 0.271 e. The molecular weight excluding hydrogens is 274 g/mol. The number of anilines is 1. The molecule has 1 saturated heterocycles. The summed E-state index contributed by atoms with van der Waals surface area (Å²) in [6, 6.07) is 3.87. The van der Waals surface area contributed by atoms with Gasteiger partial charge in [-0.15, -0.1) is 0 Å². The lowest BCUT2D eigenvalue weighted by Crippen LogP contribution is -2.40. The number of benzene rings is 1. The molecule has 0 saturated carbocycles. The van der Waals surface area contributed by atoms with Gasteiger partial charge in [0, 0.05) is 12.1 Å². The van der Waals surface area contributed by atoms with E-state index in [0.717, 1.165) is 25.9 Å². The Hall–Kier alpha value is -2.15. The Morgan fingerprint density at radius 2 is 2.10 bits per heavy atom. The molecule has 1 aromatic carbocycles. The number of non-ortho nitro benzene ring substituents is 1. The molecule has 0 bridgehead atoms. The van der Waals surface area contributed by atoms with Gasteiger partial charge in [-0.3, -0.25) is 19.8 Å². The topological polar surface area (TPSA) is 84.7 Å². The molecule has 1 aliphatic heterocycles.